The first-order chi connectivity index (χ1) is 16.6. The van der Waals surface area contributed by atoms with Crippen LogP contribution in [0.4, 0.5) is 5.69 Å². The van der Waals surface area contributed by atoms with Gasteiger partial charge >= 0.3 is 0 Å². The molecule has 1 unspecified atom stereocenters. The van der Waals surface area contributed by atoms with E-state index in [4.69, 9.17) is 19.0 Å². The van der Waals surface area contributed by atoms with E-state index < -0.39 is 33.5 Å². The molecule has 1 atom stereocenters. The first-order valence-corrected chi connectivity index (χ1v) is 11.8. The topological polar surface area (TPSA) is 149 Å². The molecule has 1 aromatic heterocycles. The van der Waals surface area contributed by atoms with Crippen LogP contribution in [0.5, 0.6) is 11.5 Å². The van der Waals surface area contributed by atoms with Gasteiger partial charge in [-0.25, -0.2) is 13.6 Å². The smallest absolute Gasteiger partial charge is 0.300 e. The van der Waals surface area contributed by atoms with Gasteiger partial charge in [0.1, 0.15) is 23.3 Å². The number of rotatable bonds is 6. The summed E-state index contributed by atoms with van der Waals surface area (Å²) in [6.07, 6.45) is 0. The fourth-order valence-electron chi connectivity index (χ4n) is 3.90. The van der Waals surface area contributed by atoms with Gasteiger partial charge < -0.3 is 19.0 Å². The van der Waals surface area contributed by atoms with Crippen molar-refractivity contribution in [3.8, 4) is 11.5 Å². The maximum absolute atomic E-state index is 13.2. The maximum atomic E-state index is 13.2. The highest BCUT2D eigenvalue weighted by Gasteiger charge is 2.48. The van der Waals surface area contributed by atoms with E-state index in [1.807, 2.05) is 0 Å². The Morgan fingerprint density at radius 2 is 1.66 bits per heavy atom. The van der Waals surface area contributed by atoms with Crippen molar-refractivity contribution in [3.63, 3.8) is 0 Å². The minimum atomic E-state index is -3.96. The number of nitrogens with two attached hydrogens (primary N) is 1. The lowest BCUT2D eigenvalue weighted by Gasteiger charge is -2.23. The lowest BCUT2D eigenvalue weighted by molar-refractivity contribution is -0.132. The molecule has 2 aromatic carbocycles. The van der Waals surface area contributed by atoms with Gasteiger partial charge in [-0.05, 0) is 61.5 Å². The van der Waals surface area contributed by atoms with Crippen molar-refractivity contribution in [2.45, 2.75) is 17.9 Å². The summed E-state index contributed by atoms with van der Waals surface area (Å²) in [4.78, 5) is 27.3. The van der Waals surface area contributed by atoms with Gasteiger partial charge in [-0.3, -0.25) is 14.5 Å². The van der Waals surface area contributed by atoms with Crippen LogP contribution >= 0.6 is 0 Å². The highest BCUT2D eigenvalue weighted by molar-refractivity contribution is 7.89. The Morgan fingerprint density at radius 3 is 2.20 bits per heavy atom. The Labute approximate surface area is 201 Å². The first kappa shape index (κ1) is 24.0. The van der Waals surface area contributed by atoms with E-state index >= 15 is 0 Å². The molecule has 0 saturated carbocycles. The van der Waals surface area contributed by atoms with E-state index in [9.17, 15) is 23.1 Å². The second-order valence-corrected chi connectivity index (χ2v) is 9.29. The summed E-state index contributed by atoms with van der Waals surface area (Å²) < 4.78 is 39.5. The fraction of sp³-hybridized carbons (Fsp3) is 0.167. The number of Topliss-reactive ketones (excluding diaryl/α,β-unsaturated/α-hetero) is 1. The molecule has 3 N–H and O–H groups in total. The summed E-state index contributed by atoms with van der Waals surface area (Å²) >= 11 is 0. The zero-order chi connectivity index (χ0) is 25.5. The zero-order valence-corrected chi connectivity index (χ0v) is 19.8. The van der Waals surface area contributed by atoms with Crippen LogP contribution in [0, 0.1) is 6.92 Å². The molecular formula is C24H22N2O8S. The number of primary sulfonamides is 1. The zero-order valence-electron chi connectivity index (χ0n) is 19.0. The number of ketones is 1. The monoisotopic (exact) mass is 498 g/mol. The second kappa shape index (κ2) is 8.93. The Hall–Kier alpha value is -4.09. The van der Waals surface area contributed by atoms with Crippen LogP contribution in [0.3, 0.4) is 0 Å². The van der Waals surface area contributed by atoms with Gasteiger partial charge in [-0.15, -0.1) is 0 Å². The summed E-state index contributed by atoms with van der Waals surface area (Å²) in [6, 6.07) is 11.9. The molecule has 2 heterocycles. The Bertz CT molecular complexity index is 1450. The fourth-order valence-corrected chi connectivity index (χ4v) is 4.42. The minimum Gasteiger partial charge on any atom is -0.507 e. The summed E-state index contributed by atoms with van der Waals surface area (Å²) in [6.45, 7) is 1.70. The molecule has 1 fully saturated rings. The molecule has 35 heavy (non-hydrogen) atoms. The standard InChI is InChI=1S/C24H22N2O8S/c1-13-4-10-18(34-13)21-20(22(27)14-5-11-17(32-2)19(12-14)33-3)23(28)24(29)26(21)15-6-8-16(9-7-15)35(25,30)31/h4-12,21,27H,1-3H3,(H2,25,30,31)/b22-20-. The molecule has 0 spiro atoms. The molecule has 182 valence electrons. The van der Waals surface area contributed by atoms with Gasteiger partial charge in [0.05, 0.1) is 24.7 Å². The number of anilines is 1. The number of amides is 1. The predicted molar refractivity (Wildman–Crippen MR) is 126 cm³/mol. The van der Waals surface area contributed by atoms with E-state index in [-0.39, 0.29) is 27.5 Å². The molecular weight excluding hydrogens is 476 g/mol. The van der Waals surface area contributed by atoms with Crippen molar-refractivity contribution in [2.24, 2.45) is 5.14 Å². The lowest BCUT2D eigenvalue weighted by Crippen LogP contribution is -2.29. The third kappa shape index (κ3) is 4.27. The highest BCUT2D eigenvalue weighted by atomic mass is 32.2. The molecule has 0 aliphatic carbocycles. The number of aryl methyl sites for hydroxylation is 1. The molecule has 1 amide bonds. The number of hydrogen-bond acceptors (Lipinski definition) is 8. The molecule has 0 radical (unpaired) electrons. The van der Waals surface area contributed by atoms with Crippen LogP contribution in [0.25, 0.3) is 5.76 Å². The molecule has 3 aromatic rings. The Kier molecular flexibility index (Phi) is 6.14. The summed E-state index contributed by atoms with van der Waals surface area (Å²) in [5, 5.41) is 16.4. The van der Waals surface area contributed by atoms with Crippen LogP contribution in [-0.4, -0.2) is 39.4 Å². The van der Waals surface area contributed by atoms with Crippen molar-refractivity contribution in [2.75, 3.05) is 19.1 Å². The number of benzene rings is 2. The minimum absolute atomic E-state index is 0.159. The number of furan rings is 1. The van der Waals surface area contributed by atoms with Crippen molar-refractivity contribution in [1.29, 1.82) is 0 Å². The molecule has 1 saturated heterocycles. The van der Waals surface area contributed by atoms with Gasteiger partial charge in [0.15, 0.2) is 11.5 Å². The number of sulfonamides is 1. The van der Waals surface area contributed by atoms with Crippen molar-refractivity contribution in [3.05, 3.63) is 77.3 Å². The average Bonchev–Trinajstić information content (AvgIpc) is 3.38. The number of hydrogen-bond donors (Lipinski definition) is 2. The first-order valence-electron chi connectivity index (χ1n) is 10.3. The van der Waals surface area contributed by atoms with Crippen LogP contribution in [0.15, 0.2) is 69.5 Å². The van der Waals surface area contributed by atoms with Crippen LogP contribution in [0.2, 0.25) is 0 Å². The second-order valence-electron chi connectivity index (χ2n) is 7.73. The summed E-state index contributed by atoms with van der Waals surface area (Å²) in [5.74, 6) is -0.804. The van der Waals surface area contributed by atoms with Gasteiger partial charge in [0.2, 0.25) is 10.0 Å². The molecule has 0 bridgehead atoms. The third-order valence-electron chi connectivity index (χ3n) is 5.58. The number of aliphatic hydroxyl groups excluding tert-OH is 1. The van der Waals surface area contributed by atoms with E-state index in [1.165, 1.54) is 50.6 Å². The predicted octanol–water partition coefficient (Wildman–Crippen LogP) is 2.88. The van der Waals surface area contributed by atoms with Gasteiger partial charge in [-0.1, -0.05) is 0 Å². The van der Waals surface area contributed by atoms with Gasteiger partial charge in [-0.2, -0.15) is 0 Å². The largest absolute Gasteiger partial charge is 0.507 e. The van der Waals surface area contributed by atoms with E-state index in [1.54, 1.807) is 25.1 Å². The molecule has 4 rings (SSSR count). The number of methoxy groups -OCH3 is 2. The van der Waals surface area contributed by atoms with E-state index in [0.29, 0.717) is 17.3 Å². The van der Waals surface area contributed by atoms with Gasteiger partial charge in [0, 0.05) is 11.3 Å². The average molecular weight is 499 g/mol. The molecule has 11 heteroatoms. The normalized spacial score (nSPS) is 17.6. The quantitative estimate of drug-likeness (QED) is 0.299. The van der Waals surface area contributed by atoms with Gasteiger partial charge in [0.25, 0.3) is 11.7 Å². The van der Waals surface area contributed by atoms with Crippen LogP contribution in [0.1, 0.15) is 23.1 Å². The van der Waals surface area contributed by atoms with E-state index in [2.05, 4.69) is 0 Å². The number of carbonyl (C=O) groups excluding carboxylic acids is 2. The summed E-state index contributed by atoms with van der Waals surface area (Å²) in [5.41, 5.74) is 0.232. The maximum Gasteiger partial charge on any atom is 0.300 e. The van der Waals surface area contributed by atoms with Crippen molar-refractivity contribution >= 4 is 33.2 Å². The summed E-state index contributed by atoms with van der Waals surface area (Å²) in [7, 11) is -1.07. The SMILES string of the molecule is COc1ccc(/C(O)=C2/C(=O)C(=O)N(c3ccc(S(N)(=O)=O)cc3)C2c2ccc(C)o2)cc1OC. The van der Waals surface area contributed by atoms with Crippen LogP contribution in [-0.2, 0) is 19.6 Å². The number of nitrogens with zero attached hydrogens (tertiary/aromatic N) is 1. The number of carbonyl (C=O) groups is 2. The van der Waals surface area contributed by atoms with Crippen LogP contribution < -0.4 is 19.5 Å². The Morgan fingerprint density at radius 1 is 1.00 bits per heavy atom. The lowest BCUT2D eigenvalue weighted by atomic mass is 9.99. The van der Waals surface area contributed by atoms with Crippen molar-refractivity contribution < 1.29 is 37.0 Å². The van der Waals surface area contributed by atoms with E-state index in [0.717, 1.165) is 4.90 Å². The third-order valence-corrected chi connectivity index (χ3v) is 6.50. The highest BCUT2D eigenvalue weighted by Crippen LogP contribution is 2.43. The number of ether oxygens (including phenoxy) is 2. The molecule has 1 aliphatic rings. The Balaban J connectivity index is 1.90. The number of aliphatic hydroxyl groups is 1. The molecule has 10 nitrogen and oxygen atoms in total. The van der Waals surface area contributed by atoms with Crippen molar-refractivity contribution in [1.82, 2.24) is 0 Å². The molecule has 1 aliphatic heterocycles.